The first kappa shape index (κ1) is 13.7. The monoisotopic (exact) mass is 285 g/mol. The molecule has 2 heterocycles. The van der Waals surface area contributed by atoms with Crippen molar-refractivity contribution in [3.05, 3.63) is 42.2 Å². The zero-order valence-electron chi connectivity index (χ0n) is 12.3. The molecule has 0 N–H and O–H groups in total. The molecule has 3 rings (SSSR count). The van der Waals surface area contributed by atoms with Crippen LogP contribution >= 0.6 is 0 Å². The lowest BCUT2D eigenvalue weighted by Crippen LogP contribution is -2.24. The Kier molecular flexibility index (Phi) is 3.90. The molecule has 1 aliphatic heterocycles. The largest absolute Gasteiger partial charge is 0.493 e. The SMILES string of the molecule is COc1ccc([C@@H]2CCCN2c2ncccn2)cc1OC. The number of ether oxygens (including phenoxy) is 2. The molecule has 1 aromatic carbocycles. The van der Waals surface area contributed by atoms with Crippen molar-refractivity contribution in [1.82, 2.24) is 9.97 Å². The van der Waals surface area contributed by atoms with Crippen LogP contribution in [0.1, 0.15) is 24.4 Å². The minimum Gasteiger partial charge on any atom is -0.493 e. The Labute approximate surface area is 124 Å². The smallest absolute Gasteiger partial charge is 0.225 e. The summed E-state index contributed by atoms with van der Waals surface area (Å²) >= 11 is 0. The summed E-state index contributed by atoms with van der Waals surface area (Å²) in [6.07, 6.45) is 5.80. The van der Waals surface area contributed by atoms with Crippen LogP contribution in [0.2, 0.25) is 0 Å². The van der Waals surface area contributed by atoms with E-state index in [1.165, 1.54) is 5.56 Å². The maximum Gasteiger partial charge on any atom is 0.225 e. The molecule has 1 atom stereocenters. The van der Waals surface area contributed by atoms with Gasteiger partial charge in [-0.3, -0.25) is 0 Å². The molecule has 1 aromatic heterocycles. The third kappa shape index (κ3) is 2.63. The highest BCUT2D eigenvalue weighted by Crippen LogP contribution is 2.38. The van der Waals surface area contributed by atoms with Crippen molar-refractivity contribution in [2.75, 3.05) is 25.7 Å². The summed E-state index contributed by atoms with van der Waals surface area (Å²) < 4.78 is 10.7. The van der Waals surface area contributed by atoms with Gasteiger partial charge in [-0.25, -0.2) is 9.97 Å². The predicted molar refractivity (Wildman–Crippen MR) is 80.9 cm³/mol. The normalized spacial score (nSPS) is 17.8. The molecule has 5 heteroatoms. The van der Waals surface area contributed by atoms with Crippen molar-refractivity contribution >= 4 is 5.95 Å². The van der Waals surface area contributed by atoms with E-state index in [0.29, 0.717) is 0 Å². The van der Waals surface area contributed by atoms with E-state index >= 15 is 0 Å². The van der Waals surface area contributed by atoms with Crippen LogP contribution in [0.25, 0.3) is 0 Å². The number of methoxy groups -OCH3 is 2. The standard InChI is InChI=1S/C16H19N3O2/c1-20-14-7-6-12(11-15(14)21-2)13-5-3-10-19(13)16-17-8-4-9-18-16/h4,6-9,11,13H,3,5,10H2,1-2H3/t13-/m0/s1. The molecule has 0 spiro atoms. The number of hydrogen-bond acceptors (Lipinski definition) is 5. The summed E-state index contributed by atoms with van der Waals surface area (Å²) in [7, 11) is 3.31. The maximum atomic E-state index is 5.40. The molecule has 0 saturated carbocycles. The van der Waals surface area contributed by atoms with Gasteiger partial charge in [0.25, 0.3) is 0 Å². The highest BCUT2D eigenvalue weighted by atomic mass is 16.5. The summed E-state index contributed by atoms with van der Waals surface area (Å²) in [4.78, 5) is 11.0. The van der Waals surface area contributed by atoms with Gasteiger partial charge < -0.3 is 14.4 Å². The Hall–Kier alpha value is -2.30. The Morgan fingerprint density at radius 3 is 2.57 bits per heavy atom. The Balaban J connectivity index is 1.92. The Bertz CT molecular complexity index is 604. The van der Waals surface area contributed by atoms with Gasteiger partial charge in [-0.05, 0) is 36.6 Å². The maximum absolute atomic E-state index is 5.40. The molecule has 0 amide bonds. The van der Waals surface area contributed by atoms with Gasteiger partial charge in [-0.2, -0.15) is 0 Å². The number of rotatable bonds is 4. The van der Waals surface area contributed by atoms with Gasteiger partial charge in [-0.15, -0.1) is 0 Å². The van der Waals surface area contributed by atoms with E-state index in [1.54, 1.807) is 26.6 Å². The van der Waals surface area contributed by atoms with Crippen LogP contribution in [-0.2, 0) is 0 Å². The van der Waals surface area contributed by atoms with E-state index < -0.39 is 0 Å². The van der Waals surface area contributed by atoms with Crippen molar-refractivity contribution in [2.24, 2.45) is 0 Å². The van der Waals surface area contributed by atoms with Gasteiger partial charge in [0.1, 0.15) is 0 Å². The molecular weight excluding hydrogens is 266 g/mol. The molecular formula is C16H19N3O2. The average Bonchev–Trinajstić information content (AvgIpc) is 3.04. The summed E-state index contributed by atoms with van der Waals surface area (Å²) in [5.41, 5.74) is 1.21. The highest BCUT2D eigenvalue weighted by molar-refractivity contribution is 5.47. The Morgan fingerprint density at radius 1 is 1.10 bits per heavy atom. The number of nitrogens with zero attached hydrogens (tertiary/aromatic N) is 3. The van der Waals surface area contributed by atoms with E-state index in [0.717, 1.165) is 36.8 Å². The number of hydrogen-bond donors (Lipinski definition) is 0. The second kappa shape index (κ2) is 5.99. The summed E-state index contributed by atoms with van der Waals surface area (Å²) in [5, 5.41) is 0. The zero-order valence-corrected chi connectivity index (χ0v) is 12.3. The van der Waals surface area contributed by atoms with Gasteiger partial charge in [0.15, 0.2) is 11.5 Å². The number of benzene rings is 1. The minimum absolute atomic E-state index is 0.284. The molecule has 1 saturated heterocycles. The third-order valence-electron chi connectivity index (χ3n) is 3.85. The number of anilines is 1. The summed E-state index contributed by atoms with van der Waals surface area (Å²) in [6.45, 7) is 0.975. The molecule has 0 unspecified atom stereocenters. The Morgan fingerprint density at radius 2 is 1.86 bits per heavy atom. The molecule has 1 fully saturated rings. The number of aromatic nitrogens is 2. The minimum atomic E-state index is 0.284. The van der Waals surface area contributed by atoms with Crippen molar-refractivity contribution < 1.29 is 9.47 Å². The van der Waals surface area contributed by atoms with Gasteiger partial charge in [0.2, 0.25) is 5.95 Å². The highest BCUT2D eigenvalue weighted by Gasteiger charge is 2.28. The summed E-state index contributed by atoms with van der Waals surface area (Å²) in [5.74, 6) is 2.30. The lowest BCUT2D eigenvalue weighted by Gasteiger charge is -2.25. The quantitative estimate of drug-likeness (QED) is 0.864. The molecule has 110 valence electrons. The first-order valence-corrected chi connectivity index (χ1v) is 7.09. The van der Waals surface area contributed by atoms with E-state index in [1.807, 2.05) is 18.2 Å². The molecule has 0 bridgehead atoms. The van der Waals surface area contributed by atoms with E-state index in [2.05, 4.69) is 20.9 Å². The van der Waals surface area contributed by atoms with Gasteiger partial charge in [0, 0.05) is 18.9 Å². The molecule has 21 heavy (non-hydrogen) atoms. The average molecular weight is 285 g/mol. The van der Waals surface area contributed by atoms with Crippen LogP contribution < -0.4 is 14.4 Å². The predicted octanol–water partition coefficient (Wildman–Crippen LogP) is 2.84. The van der Waals surface area contributed by atoms with Gasteiger partial charge in [-0.1, -0.05) is 6.07 Å². The molecule has 5 nitrogen and oxygen atoms in total. The second-order valence-electron chi connectivity index (χ2n) is 5.01. The topological polar surface area (TPSA) is 47.5 Å². The lowest BCUT2D eigenvalue weighted by molar-refractivity contribution is 0.354. The van der Waals surface area contributed by atoms with Crippen LogP contribution in [0.3, 0.4) is 0 Å². The first-order chi connectivity index (χ1) is 10.3. The molecule has 1 aliphatic rings. The second-order valence-corrected chi connectivity index (χ2v) is 5.01. The van der Waals surface area contributed by atoms with E-state index in [-0.39, 0.29) is 6.04 Å². The molecule has 0 aliphatic carbocycles. The fourth-order valence-electron chi connectivity index (χ4n) is 2.85. The fourth-order valence-corrected chi connectivity index (χ4v) is 2.85. The van der Waals surface area contributed by atoms with E-state index in [9.17, 15) is 0 Å². The summed E-state index contributed by atoms with van der Waals surface area (Å²) in [6, 6.07) is 8.21. The van der Waals surface area contributed by atoms with Crippen LogP contribution in [0.4, 0.5) is 5.95 Å². The molecule has 2 aromatic rings. The fraction of sp³-hybridized carbons (Fsp3) is 0.375. The van der Waals surface area contributed by atoms with E-state index in [4.69, 9.17) is 9.47 Å². The van der Waals surface area contributed by atoms with Gasteiger partial charge >= 0.3 is 0 Å². The van der Waals surface area contributed by atoms with Gasteiger partial charge in [0.05, 0.1) is 20.3 Å². The van der Waals surface area contributed by atoms with Crippen molar-refractivity contribution in [1.29, 1.82) is 0 Å². The van der Waals surface area contributed by atoms with Crippen LogP contribution in [-0.4, -0.2) is 30.7 Å². The zero-order chi connectivity index (χ0) is 14.7. The third-order valence-corrected chi connectivity index (χ3v) is 3.85. The van der Waals surface area contributed by atoms with Crippen LogP contribution in [0.5, 0.6) is 11.5 Å². The first-order valence-electron chi connectivity index (χ1n) is 7.09. The van der Waals surface area contributed by atoms with Crippen molar-refractivity contribution in [3.8, 4) is 11.5 Å². The van der Waals surface area contributed by atoms with Crippen molar-refractivity contribution in [3.63, 3.8) is 0 Å². The van der Waals surface area contributed by atoms with Crippen molar-refractivity contribution in [2.45, 2.75) is 18.9 Å². The van der Waals surface area contributed by atoms with Crippen LogP contribution in [0.15, 0.2) is 36.7 Å². The lowest BCUT2D eigenvalue weighted by atomic mass is 10.0. The molecule has 0 radical (unpaired) electrons. The van der Waals surface area contributed by atoms with Crippen LogP contribution in [0, 0.1) is 0 Å².